The molecule has 0 atom stereocenters. The molecule has 3 heterocycles. The van der Waals surface area contributed by atoms with Gasteiger partial charge in [0.25, 0.3) is 0 Å². The topological polar surface area (TPSA) is 85.6 Å². The van der Waals surface area contributed by atoms with Gasteiger partial charge in [-0.05, 0) is 61.8 Å². The van der Waals surface area contributed by atoms with E-state index < -0.39 is 0 Å². The lowest BCUT2D eigenvalue weighted by Crippen LogP contribution is -2.17. The zero-order chi connectivity index (χ0) is 22.2. The van der Waals surface area contributed by atoms with Gasteiger partial charge in [0.15, 0.2) is 10.8 Å². The van der Waals surface area contributed by atoms with Crippen molar-refractivity contribution in [3.05, 3.63) is 51.9 Å². The number of nitrogens with zero attached hydrogens (tertiary/aromatic N) is 3. The number of carbonyl (C=O) groups is 2. The summed E-state index contributed by atoms with van der Waals surface area (Å²) in [5, 5.41) is 13.9. The smallest absolute Gasteiger partial charge is 0.341 e. The molecule has 4 aromatic rings. The van der Waals surface area contributed by atoms with Crippen molar-refractivity contribution in [2.24, 2.45) is 0 Å². The lowest BCUT2D eigenvalue weighted by atomic mass is 10.1. The summed E-state index contributed by atoms with van der Waals surface area (Å²) in [6, 6.07) is 10.1. The van der Waals surface area contributed by atoms with Crippen molar-refractivity contribution in [3.63, 3.8) is 0 Å². The third kappa shape index (κ3) is 3.65. The summed E-state index contributed by atoms with van der Waals surface area (Å²) in [5.74, 6) is -0.386. The molecule has 0 bridgehead atoms. The fraction of sp³-hybridized carbons (Fsp3) is 0.304. The maximum Gasteiger partial charge on any atom is 0.341 e. The van der Waals surface area contributed by atoms with Gasteiger partial charge in [-0.2, -0.15) is 0 Å². The molecule has 1 aliphatic rings. The van der Waals surface area contributed by atoms with Crippen molar-refractivity contribution in [2.45, 2.75) is 38.3 Å². The number of para-hydroxylation sites is 1. The van der Waals surface area contributed by atoms with E-state index in [9.17, 15) is 9.59 Å². The predicted octanol–water partition coefficient (Wildman–Crippen LogP) is 4.65. The van der Waals surface area contributed by atoms with E-state index in [-0.39, 0.29) is 17.6 Å². The van der Waals surface area contributed by atoms with Crippen LogP contribution in [-0.2, 0) is 22.4 Å². The number of thiophene rings is 1. The van der Waals surface area contributed by atoms with Gasteiger partial charge in [0.2, 0.25) is 5.91 Å². The first-order chi connectivity index (χ1) is 15.6. The Morgan fingerprint density at radius 3 is 2.94 bits per heavy atom. The van der Waals surface area contributed by atoms with Gasteiger partial charge in [-0.1, -0.05) is 30.0 Å². The fourth-order valence-electron chi connectivity index (χ4n) is 4.15. The lowest BCUT2D eigenvalue weighted by molar-refractivity contribution is -0.113. The largest absolute Gasteiger partial charge is 0.462 e. The van der Waals surface area contributed by atoms with Crippen LogP contribution in [-0.4, -0.2) is 38.8 Å². The van der Waals surface area contributed by atoms with Crippen LogP contribution in [0.2, 0.25) is 0 Å². The van der Waals surface area contributed by atoms with Gasteiger partial charge in [0.1, 0.15) is 5.00 Å². The number of hydrogen-bond acceptors (Lipinski definition) is 7. The molecule has 1 amide bonds. The van der Waals surface area contributed by atoms with Gasteiger partial charge < -0.3 is 10.1 Å². The fourth-order valence-corrected chi connectivity index (χ4v) is 6.19. The monoisotopic (exact) mass is 466 g/mol. The number of fused-ring (bicyclic) bond motifs is 4. The normalized spacial score (nSPS) is 12.9. The van der Waals surface area contributed by atoms with Crippen LogP contribution in [0.4, 0.5) is 5.00 Å². The Bertz CT molecular complexity index is 1360. The highest BCUT2D eigenvalue weighted by atomic mass is 32.2. The van der Waals surface area contributed by atoms with Gasteiger partial charge in [0.05, 0.1) is 23.4 Å². The Kier molecular flexibility index (Phi) is 5.60. The van der Waals surface area contributed by atoms with E-state index in [4.69, 9.17) is 4.74 Å². The Balaban J connectivity index is 1.38. The number of thioether (sulfide) groups is 1. The first-order valence-electron chi connectivity index (χ1n) is 10.5. The summed E-state index contributed by atoms with van der Waals surface area (Å²) in [6.07, 6.45) is 2.82. The molecule has 3 aromatic heterocycles. The van der Waals surface area contributed by atoms with E-state index in [0.717, 1.165) is 46.9 Å². The van der Waals surface area contributed by atoms with Crippen LogP contribution in [0.25, 0.3) is 16.6 Å². The van der Waals surface area contributed by atoms with Crippen LogP contribution >= 0.6 is 23.1 Å². The third-order valence-electron chi connectivity index (χ3n) is 5.52. The number of anilines is 1. The predicted molar refractivity (Wildman–Crippen MR) is 127 cm³/mol. The molecule has 1 aromatic carbocycles. The Labute approximate surface area is 193 Å². The summed E-state index contributed by atoms with van der Waals surface area (Å²) >= 11 is 2.81. The minimum atomic E-state index is -0.361. The van der Waals surface area contributed by atoms with E-state index in [0.29, 0.717) is 22.3 Å². The molecule has 0 radical (unpaired) electrons. The molecule has 0 saturated heterocycles. The first-order valence-corrected chi connectivity index (χ1v) is 12.3. The number of hydrogen-bond donors (Lipinski definition) is 1. The summed E-state index contributed by atoms with van der Waals surface area (Å²) in [4.78, 5) is 26.5. The van der Waals surface area contributed by atoms with E-state index in [2.05, 4.69) is 27.6 Å². The van der Waals surface area contributed by atoms with Crippen LogP contribution in [0.5, 0.6) is 0 Å². The number of esters is 1. The van der Waals surface area contributed by atoms with E-state index in [1.807, 2.05) is 29.5 Å². The first kappa shape index (κ1) is 21.0. The molecule has 5 rings (SSSR count). The average molecular weight is 467 g/mol. The number of ether oxygens (including phenoxy) is 1. The second-order valence-electron chi connectivity index (χ2n) is 7.65. The van der Waals surface area contributed by atoms with Crippen LogP contribution in [0, 0.1) is 6.92 Å². The van der Waals surface area contributed by atoms with Gasteiger partial charge in [-0.3, -0.25) is 9.20 Å². The minimum absolute atomic E-state index is 0.161. The molecule has 9 heteroatoms. The van der Waals surface area contributed by atoms with Gasteiger partial charge in [0, 0.05) is 4.88 Å². The van der Waals surface area contributed by atoms with Gasteiger partial charge in [-0.25, -0.2) is 4.79 Å². The number of carbonyl (C=O) groups excluding carboxylic acids is 2. The molecule has 7 nitrogen and oxygen atoms in total. The second-order valence-corrected chi connectivity index (χ2v) is 9.69. The summed E-state index contributed by atoms with van der Waals surface area (Å²) in [5.41, 5.74) is 4.37. The van der Waals surface area contributed by atoms with Crippen molar-refractivity contribution in [2.75, 3.05) is 17.7 Å². The quantitative estimate of drug-likeness (QED) is 0.329. The Morgan fingerprint density at radius 2 is 2.09 bits per heavy atom. The second kappa shape index (κ2) is 8.55. The lowest BCUT2D eigenvalue weighted by Gasteiger charge is -2.08. The van der Waals surface area contributed by atoms with Gasteiger partial charge in [-0.15, -0.1) is 21.5 Å². The minimum Gasteiger partial charge on any atom is -0.462 e. The number of pyridine rings is 1. The molecular weight excluding hydrogens is 444 g/mol. The SMILES string of the molecule is CCOC(=O)c1c(NC(=O)CSc2nnc3c(C)cc4ccccc4n23)sc2c1CCC2. The number of aryl methyl sites for hydroxylation is 2. The van der Waals surface area contributed by atoms with Crippen molar-refractivity contribution in [3.8, 4) is 0 Å². The molecule has 0 saturated carbocycles. The molecule has 0 unspecified atom stereocenters. The van der Waals surface area contributed by atoms with E-state index in [1.54, 1.807) is 6.92 Å². The zero-order valence-corrected chi connectivity index (χ0v) is 19.4. The van der Waals surface area contributed by atoms with Crippen LogP contribution in [0.15, 0.2) is 35.5 Å². The van der Waals surface area contributed by atoms with Crippen LogP contribution in [0.1, 0.15) is 39.7 Å². The highest BCUT2D eigenvalue weighted by Gasteiger charge is 2.28. The van der Waals surface area contributed by atoms with Gasteiger partial charge >= 0.3 is 5.97 Å². The number of aromatic nitrogens is 3. The van der Waals surface area contributed by atoms with Crippen molar-refractivity contribution in [1.82, 2.24) is 14.6 Å². The molecule has 32 heavy (non-hydrogen) atoms. The molecule has 1 aliphatic carbocycles. The highest BCUT2D eigenvalue weighted by Crippen LogP contribution is 2.39. The third-order valence-corrected chi connectivity index (χ3v) is 7.66. The molecule has 0 fully saturated rings. The molecule has 0 spiro atoms. The molecule has 1 N–H and O–H groups in total. The maximum atomic E-state index is 12.8. The summed E-state index contributed by atoms with van der Waals surface area (Å²) in [7, 11) is 0. The standard InChI is InChI=1S/C23H22N4O3S2/c1-3-30-22(29)19-15-8-6-10-17(15)32-21(19)24-18(28)12-31-23-26-25-20-13(2)11-14-7-4-5-9-16(14)27(20)23/h4-5,7,9,11H,3,6,8,10,12H2,1-2H3,(H,24,28). The number of amides is 1. The summed E-state index contributed by atoms with van der Waals surface area (Å²) in [6.45, 7) is 4.10. The number of rotatable bonds is 6. The van der Waals surface area contributed by atoms with E-state index in [1.165, 1.54) is 28.0 Å². The van der Waals surface area contributed by atoms with E-state index >= 15 is 0 Å². The number of benzene rings is 1. The van der Waals surface area contributed by atoms with Crippen LogP contribution in [0.3, 0.4) is 0 Å². The average Bonchev–Trinajstić information content (AvgIpc) is 3.47. The van der Waals surface area contributed by atoms with Crippen molar-refractivity contribution >= 4 is 56.5 Å². The molecular formula is C23H22N4O3S2. The highest BCUT2D eigenvalue weighted by molar-refractivity contribution is 7.99. The van der Waals surface area contributed by atoms with Crippen LogP contribution < -0.4 is 5.32 Å². The molecule has 164 valence electrons. The Morgan fingerprint density at radius 1 is 1.25 bits per heavy atom. The number of nitrogens with one attached hydrogen (secondary N) is 1. The molecule has 0 aliphatic heterocycles. The van der Waals surface area contributed by atoms with Crippen molar-refractivity contribution < 1.29 is 14.3 Å². The maximum absolute atomic E-state index is 12.8. The van der Waals surface area contributed by atoms with Crippen molar-refractivity contribution in [1.29, 1.82) is 0 Å². The Hall–Kier alpha value is -2.91. The zero-order valence-electron chi connectivity index (χ0n) is 17.8. The summed E-state index contributed by atoms with van der Waals surface area (Å²) < 4.78 is 7.23.